The molecule has 1 aromatic heterocycles. The van der Waals surface area contributed by atoms with Gasteiger partial charge in [0.2, 0.25) is 0 Å². The number of hydrogen-bond acceptors (Lipinski definition) is 3. The summed E-state index contributed by atoms with van der Waals surface area (Å²) >= 11 is 0. The van der Waals surface area contributed by atoms with Crippen LogP contribution in [0.25, 0.3) is 0 Å². The van der Waals surface area contributed by atoms with Gasteiger partial charge in [0.25, 0.3) is 0 Å². The van der Waals surface area contributed by atoms with Gasteiger partial charge in [-0.3, -0.25) is 4.98 Å². The minimum absolute atomic E-state index is 0.735. The number of pyridine rings is 1. The van der Waals surface area contributed by atoms with Crippen molar-refractivity contribution in [3.8, 4) is 0 Å². The van der Waals surface area contributed by atoms with Crippen molar-refractivity contribution in [2.75, 3.05) is 18.8 Å². The van der Waals surface area contributed by atoms with Crippen LogP contribution < -0.4 is 11.1 Å². The standard InChI is InChI=1S/C13H21N3/c1-10(11-2-3-11)8-15-7-6-13-5-4-12(14)9-16-13/h4-5,9-11,15H,2-3,6-8,14H2,1H3. The highest BCUT2D eigenvalue weighted by molar-refractivity contribution is 5.34. The van der Waals surface area contributed by atoms with E-state index in [0.29, 0.717) is 0 Å². The minimum atomic E-state index is 0.735. The summed E-state index contributed by atoms with van der Waals surface area (Å²) in [6.07, 6.45) is 5.57. The maximum Gasteiger partial charge on any atom is 0.0501 e. The largest absolute Gasteiger partial charge is 0.397 e. The molecule has 1 unspecified atom stereocenters. The van der Waals surface area contributed by atoms with Crippen LogP contribution in [0.4, 0.5) is 5.69 Å². The van der Waals surface area contributed by atoms with E-state index >= 15 is 0 Å². The van der Waals surface area contributed by atoms with Crippen LogP contribution in [-0.4, -0.2) is 18.1 Å². The molecule has 0 radical (unpaired) electrons. The Labute approximate surface area is 97.5 Å². The zero-order valence-electron chi connectivity index (χ0n) is 9.95. The molecule has 1 atom stereocenters. The topological polar surface area (TPSA) is 50.9 Å². The summed E-state index contributed by atoms with van der Waals surface area (Å²) in [5.41, 5.74) is 7.43. The lowest BCUT2D eigenvalue weighted by molar-refractivity contribution is 0.463. The second kappa shape index (κ2) is 5.30. The van der Waals surface area contributed by atoms with Gasteiger partial charge in [0.1, 0.15) is 0 Å². The Morgan fingerprint density at radius 3 is 2.94 bits per heavy atom. The van der Waals surface area contributed by atoms with Gasteiger partial charge in [0.15, 0.2) is 0 Å². The number of nitrogen functional groups attached to an aromatic ring is 1. The molecule has 88 valence electrons. The Balaban J connectivity index is 1.62. The van der Waals surface area contributed by atoms with Crippen molar-refractivity contribution in [2.24, 2.45) is 11.8 Å². The molecule has 3 nitrogen and oxygen atoms in total. The molecule has 1 aromatic rings. The van der Waals surface area contributed by atoms with Gasteiger partial charge < -0.3 is 11.1 Å². The van der Waals surface area contributed by atoms with Crippen molar-refractivity contribution in [1.82, 2.24) is 10.3 Å². The highest BCUT2D eigenvalue weighted by atomic mass is 14.9. The highest BCUT2D eigenvalue weighted by Crippen LogP contribution is 2.35. The number of aromatic nitrogens is 1. The van der Waals surface area contributed by atoms with Crippen molar-refractivity contribution in [2.45, 2.75) is 26.2 Å². The van der Waals surface area contributed by atoms with Crippen molar-refractivity contribution >= 4 is 5.69 Å². The van der Waals surface area contributed by atoms with E-state index < -0.39 is 0 Å². The smallest absolute Gasteiger partial charge is 0.0501 e. The number of hydrogen-bond donors (Lipinski definition) is 2. The van der Waals surface area contributed by atoms with Gasteiger partial charge in [-0.2, -0.15) is 0 Å². The zero-order valence-corrected chi connectivity index (χ0v) is 9.95. The molecular formula is C13H21N3. The second-order valence-electron chi connectivity index (χ2n) is 4.85. The predicted molar refractivity (Wildman–Crippen MR) is 67.1 cm³/mol. The van der Waals surface area contributed by atoms with Crippen LogP contribution in [0.2, 0.25) is 0 Å². The summed E-state index contributed by atoms with van der Waals surface area (Å²) in [4.78, 5) is 4.28. The van der Waals surface area contributed by atoms with Gasteiger partial charge >= 0.3 is 0 Å². The van der Waals surface area contributed by atoms with Gasteiger partial charge in [-0.05, 0) is 43.4 Å². The van der Waals surface area contributed by atoms with Crippen molar-refractivity contribution < 1.29 is 0 Å². The van der Waals surface area contributed by atoms with Gasteiger partial charge in [-0.25, -0.2) is 0 Å². The van der Waals surface area contributed by atoms with Crippen LogP contribution in [0.15, 0.2) is 18.3 Å². The molecule has 1 saturated carbocycles. The second-order valence-corrected chi connectivity index (χ2v) is 4.85. The first-order valence-corrected chi connectivity index (χ1v) is 6.17. The molecular weight excluding hydrogens is 198 g/mol. The van der Waals surface area contributed by atoms with Crippen LogP contribution in [0.1, 0.15) is 25.5 Å². The number of rotatable bonds is 6. The number of nitrogens with one attached hydrogen (secondary N) is 1. The van der Waals surface area contributed by atoms with Crippen LogP contribution >= 0.6 is 0 Å². The Bertz CT molecular complexity index is 316. The summed E-state index contributed by atoms with van der Waals surface area (Å²) in [7, 11) is 0. The van der Waals surface area contributed by atoms with E-state index in [2.05, 4.69) is 17.2 Å². The lowest BCUT2D eigenvalue weighted by Gasteiger charge is -2.10. The van der Waals surface area contributed by atoms with Crippen molar-refractivity contribution in [3.05, 3.63) is 24.0 Å². The maximum atomic E-state index is 5.58. The molecule has 1 fully saturated rings. The average molecular weight is 219 g/mol. The fourth-order valence-corrected chi connectivity index (χ4v) is 1.96. The Morgan fingerprint density at radius 2 is 2.31 bits per heavy atom. The van der Waals surface area contributed by atoms with E-state index in [9.17, 15) is 0 Å². The van der Waals surface area contributed by atoms with Crippen LogP contribution in [0, 0.1) is 11.8 Å². The molecule has 2 rings (SSSR count). The summed E-state index contributed by atoms with van der Waals surface area (Å²) in [6.45, 7) is 4.49. The third-order valence-electron chi connectivity index (χ3n) is 3.30. The molecule has 1 aliphatic rings. The minimum Gasteiger partial charge on any atom is -0.397 e. The SMILES string of the molecule is CC(CNCCc1ccc(N)cn1)C1CC1. The molecule has 0 aliphatic heterocycles. The molecule has 0 spiro atoms. The van der Waals surface area contributed by atoms with E-state index in [1.165, 1.54) is 12.8 Å². The van der Waals surface area contributed by atoms with Gasteiger partial charge in [-0.15, -0.1) is 0 Å². The van der Waals surface area contributed by atoms with Gasteiger partial charge in [0.05, 0.1) is 11.9 Å². The molecule has 0 saturated heterocycles. The Hall–Kier alpha value is -1.09. The molecule has 3 heteroatoms. The van der Waals surface area contributed by atoms with E-state index in [1.807, 2.05) is 12.1 Å². The summed E-state index contributed by atoms with van der Waals surface area (Å²) in [5.74, 6) is 1.82. The summed E-state index contributed by atoms with van der Waals surface area (Å²) in [6, 6.07) is 3.91. The molecule has 1 heterocycles. The Kier molecular flexibility index (Phi) is 3.78. The maximum absolute atomic E-state index is 5.58. The lowest BCUT2D eigenvalue weighted by atomic mass is 10.1. The zero-order chi connectivity index (χ0) is 11.4. The number of nitrogens with zero attached hydrogens (tertiary/aromatic N) is 1. The van der Waals surface area contributed by atoms with Gasteiger partial charge in [-0.1, -0.05) is 6.92 Å². The first-order valence-electron chi connectivity index (χ1n) is 6.17. The number of anilines is 1. The van der Waals surface area contributed by atoms with E-state index in [4.69, 9.17) is 5.73 Å². The Morgan fingerprint density at radius 1 is 1.50 bits per heavy atom. The lowest BCUT2D eigenvalue weighted by Crippen LogP contribution is -2.24. The molecule has 3 N–H and O–H groups in total. The van der Waals surface area contributed by atoms with E-state index in [-0.39, 0.29) is 0 Å². The van der Waals surface area contributed by atoms with E-state index in [1.54, 1.807) is 6.20 Å². The summed E-state index contributed by atoms with van der Waals surface area (Å²) in [5, 5.41) is 3.50. The fraction of sp³-hybridized carbons (Fsp3) is 0.615. The molecule has 16 heavy (non-hydrogen) atoms. The van der Waals surface area contributed by atoms with Crippen LogP contribution in [-0.2, 0) is 6.42 Å². The van der Waals surface area contributed by atoms with Crippen molar-refractivity contribution in [1.29, 1.82) is 0 Å². The molecule has 1 aliphatic carbocycles. The van der Waals surface area contributed by atoms with Gasteiger partial charge in [0, 0.05) is 18.7 Å². The molecule has 0 amide bonds. The quantitative estimate of drug-likeness (QED) is 0.718. The normalized spacial score (nSPS) is 17.3. The van der Waals surface area contributed by atoms with Crippen LogP contribution in [0.3, 0.4) is 0 Å². The van der Waals surface area contributed by atoms with Crippen LogP contribution in [0.5, 0.6) is 0 Å². The first-order chi connectivity index (χ1) is 7.75. The monoisotopic (exact) mass is 219 g/mol. The first kappa shape index (κ1) is 11.4. The third kappa shape index (κ3) is 3.49. The van der Waals surface area contributed by atoms with Crippen molar-refractivity contribution in [3.63, 3.8) is 0 Å². The fourth-order valence-electron chi connectivity index (χ4n) is 1.96. The average Bonchev–Trinajstić information content (AvgIpc) is 3.10. The highest BCUT2D eigenvalue weighted by Gasteiger charge is 2.27. The summed E-state index contributed by atoms with van der Waals surface area (Å²) < 4.78 is 0. The number of nitrogens with two attached hydrogens (primary N) is 1. The third-order valence-corrected chi connectivity index (χ3v) is 3.30. The molecule has 0 bridgehead atoms. The predicted octanol–water partition coefficient (Wildman–Crippen LogP) is 1.84. The molecule has 0 aromatic carbocycles. The van der Waals surface area contributed by atoms with E-state index in [0.717, 1.165) is 42.7 Å².